The molecule has 1 amide bonds. The third kappa shape index (κ3) is 4.33. The molecular weight excluding hydrogens is 334 g/mol. The second-order valence-corrected chi connectivity index (χ2v) is 7.18. The van der Waals surface area contributed by atoms with Crippen LogP contribution in [0.4, 0.5) is 11.4 Å². The molecule has 0 fully saturated rings. The van der Waals surface area contributed by atoms with Gasteiger partial charge in [-0.15, -0.1) is 0 Å². The van der Waals surface area contributed by atoms with E-state index in [4.69, 9.17) is 9.73 Å². The molecule has 0 aliphatic carbocycles. The van der Waals surface area contributed by atoms with Gasteiger partial charge in [0.15, 0.2) is 0 Å². The van der Waals surface area contributed by atoms with E-state index in [1.807, 2.05) is 56.3 Å². The number of fused-ring (bicyclic) bond motifs is 1. The molecule has 0 spiro atoms. The van der Waals surface area contributed by atoms with Crippen molar-refractivity contribution in [2.24, 2.45) is 4.99 Å². The van der Waals surface area contributed by atoms with Crippen LogP contribution in [0.2, 0.25) is 0 Å². The van der Waals surface area contributed by atoms with E-state index >= 15 is 0 Å². The number of carbonyl (C=O) groups is 1. The Morgan fingerprint density at radius 2 is 2.04 bits per heavy atom. The van der Waals surface area contributed by atoms with Crippen molar-refractivity contribution in [2.75, 3.05) is 23.5 Å². The Hall–Kier alpha value is -2.47. The first-order valence-electron chi connectivity index (χ1n) is 8.01. The number of carbonyl (C=O) groups excluding carboxylic acids is 1. The van der Waals surface area contributed by atoms with Gasteiger partial charge in [0.05, 0.1) is 12.9 Å². The number of nitrogens with zero attached hydrogens (tertiary/aromatic N) is 1. The van der Waals surface area contributed by atoms with Crippen LogP contribution < -0.4 is 15.4 Å². The van der Waals surface area contributed by atoms with Crippen LogP contribution in [-0.4, -0.2) is 29.5 Å². The number of aliphatic imine (C=N–C) groups is 1. The zero-order chi connectivity index (χ0) is 17.9. The second-order valence-electron chi connectivity index (χ2n) is 6.22. The highest BCUT2D eigenvalue weighted by Gasteiger charge is 2.26. The van der Waals surface area contributed by atoms with Crippen LogP contribution in [0.1, 0.15) is 19.4 Å². The fourth-order valence-electron chi connectivity index (χ4n) is 2.59. The number of nitrogens with one attached hydrogen (secondary N) is 2. The summed E-state index contributed by atoms with van der Waals surface area (Å²) in [6, 6.07) is 15.3. The summed E-state index contributed by atoms with van der Waals surface area (Å²) >= 11 is 1.45. The van der Waals surface area contributed by atoms with Gasteiger partial charge in [-0.2, -0.15) is 0 Å². The number of ether oxygens (including phenoxy) is 1. The molecule has 130 valence electrons. The molecule has 0 saturated carbocycles. The summed E-state index contributed by atoms with van der Waals surface area (Å²) in [5, 5.41) is 7.16. The molecule has 0 bridgehead atoms. The summed E-state index contributed by atoms with van der Waals surface area (Å²) in [5.41, 5.74) is 2.40. The van der Waals surface area contributed by atoms with Crippen molar-refractivity contribution < 1.29 is 9.53 Å². The third-order valence-electron chi connectivity index (χ3n) is 3.67. The summed E-state index contributed by atoms with van der Waals surface area (Å²) in [6.07, 6.45) is 0. The zero-order valence-corrected chi connectivity index (χ0v) is 15.3. The lowest BCUT2D eigenvalue weighted by atomic mass is 10.1. The highest BCUT2D eigenvalue weighted by atomic mass is 32.2. The second kappa shape index (κ2) is 7.19. The van der Waals surface area contributed by atoms with Gasteiger partial charge < -0.3 is 15.4 Å². The molecule has 0 saturated heterocycles. The molecule has 25 heavy (non-hydrogen) atoms. The zero-order valence-electron chi connectivity index (χ0n) is 14.5. The van der Waals surface area contributed by atoms with Crippen LogP contribution in [0.15, 0.2) is 53.5 Å². The smallest absolute Gasteiger partial charge is 0.234 e. The van der Waals surface area contributed by atoms with Gasteiger partial charge in [0.1, 0.15) is 16.5 Å². The molecule has 0 radical (unpaired) electrons. The van der Waals surface area contributed by atoms with E-state index in [1.54, 1.807) is 13.2 Å². The molecule has 1 aliphatic rings. The van der Waals surface area contributed by atoms with Gasteiger partial charge in [-0.25, -0.2) is 0 Å². The number of amides is 1. The largest absolute Gasteiger partial charge is 0.497 e. The van der Waals surface area contributed by atoms with Crippen molar-refractivity contribution in [1.29, 1.82) is 0 Å². The summed E-state index contributed by atoms with van der Waals surface area (Å²) in [5.74, 6) is 0.930. The predicted molar refractivity (Wildman–Crippen MR) is 105 cm³/mol. The Morgan fingerprint density at radius 3 is 2.84 bits per heavy atom. The van der Waals surface area contributed by atoms with E-state index in [-0.39, 0.29) is 11.6 Å². The molecule has 5 nitrogen and oxygen atoms in total. The maximum absolute atomic E-state index is 12.3. The maximum atomic E-state index is 12.3. The van der Waals surface area contributed by atoms with E-state index in [2.05, 4.69) is 10.6 Å². The molecule has 3 rings (SSSR count). The average Bonchev–Trinajstić information content (AvgIpc) is 2.59. The molecule has 0 unspecified atom stereocenters. The fraction of sp³-hybridized carbons (Fsp3) is 0.263. The van der Waals surface area contributed by atoms with Gasteiger partial charge in [0.25, 0.3) is 0 Å². The van der Waals surface area contributed by atoms with E-state index in [9.17, 15) is 4.79 Å². The van der Waals surface area contributed by atoms with E-state index in [1.165, 1.54) is 11.8 Å². The molecular formula is C19H21N3O2S. The number of hydrogen-bond donors (Lipinski definition) is 2. The van der Waals surface area contributed by atoms with Crippen LogP contribution in [0.5, 0.6) is 5.75 Å². The van der Waals surface area contributed by atoms with Crippen molar-refractivity contribution in [2.45, 2.75) is 19.5 Å². The molecule has 0 atom stereocenters. The molecule has 6 heteroatoms. The van der Waals surface area contributed by atoms with Crippen LogP contribution in [-0.2, 0) is 4.79 Å². The minimum atomic E-state index is -0.389. The van der Waals surface area contributed by atoms with Gasteiger partial charge in [-0.3, -0.25) is 9.79 Å². The molecule has 0 aromatic heterocycles. The number of thioether (sulfide) groups is 1. The maximum Gasteiger partial charge on any atom is 0.234 e. The van der Waals surface area contributed by atoms with E-state index < -0.39 is 0 Å². The lowest BCUT2D eigenvalue weighted by Gasteiger charge is -2.30. The van der Waals surface area contributed by atoms with Crippen molar-refractivity contribution >= 4 is 34.1 Å². The average molecular weight is 355 g/mol. The lowest BCUT2D eigenvalue weighted by Crippen LogP contribution is -2.34. The normalized spacial score (nSPS) is 14.8. The monoisotopic (exact) mass is 355 g/mol. The molecule has 2 aromatic carbocycles. The van der Waals surface area contributed by atoms with Gasteiger partial charge >= 0.3 is 0 Å². The molecule has 1 aliphatic heterocycles. The van der Waals surface area contributed by atoms with Crippen molar-refractivity contribution in [3.8, 4) is 5.75 Å². The predicted octanol–water partition coefficient (Wildman–Crippen LogP) is 3.98. The lowest BCUT2D eigenvalue weighted by molar-refractivity contribution is -0.113. The Kier molecular flexibility index (Phi) is 4.99. The highest BCUT2D eigenvalue weighted by molar-refractivity contribution is 8.15. The summed E-state index contributed by atoms with van der Waals surface area (Å²) in [6.45, 7) is 4.03. The van der Waals surface area contributed by atoms with Gasteiger partial charge in [-0.1, -0.05) is 36.0 Å². The first kappa shape index (κ1) is 17.4. The Labute approximate surface area is 151 Å². The number of anilines is 2. The van der Waals surface area contributed by atoms with Crippen LogP contribution >= 0.6 is 11.8 Å². The first-order valence-corrected chi connectivity index (χ1v) is 8.99. The Balaban J connectivity index is 1.68. The first-order chi connectivity index (χ1) is 12.0. The minimum Gasteiger partial charge on any atom is -0.497 e. The van der Waals surface area contributed by atoms with Gasteiger partial charge in [-0.05, 0) is 32.0 Å². The summed E-state index contributed by atoms with van der Waals surface area (Å²) in [7, 11) is 1.60. The van der Waals surface area contributed by atoms with Crippen molar-refractivity contribution in [3.05, 3.63) is 54.1 Å². The third-order valence-corrected chi connectivity index (χ3v) is 4.66. The van der Waals surface area contributed by atoms with Crippen LogP contribution in [0.3, 0.4) is 0 Å². The van der Waals surface area contributed by atoms with E-state index in [0.717, 1.165) is 22.0 Å². The Bertz CT molecular complexity index is 818. The fourth-order valence-corrected chi connectivity index (χ4v) is 3.56. The minimum absolute atomic E-state index is 0.0743. The number of hydrogen-bond acceptors (Lipinski definition) is 5. The topological polar surface area (TPSA) is 62.7 Å². The molecule has 2 aromatic rings. The number of rotatable bonds is 4. The number of methoxy groups -OCH3 is 1. The van der Waals surface area contributed by atoms with Crippen LogP contribution in [0, 0.1) is 0 Å². The molecule has 1 heterocycles. The highest BCUT2D eigenvalue weighted by Crippen LogP contribution is 2.31. The number of benzene rings is 2. The SMILES string of the molecule is COc1cccc(NC(=O)CSC2=NC(C)(C)Nc3ccccc32)c1. The molecule has 2 N–H and O–H groups in total. The Morgan fingerprint density at radius 1 is 1.24 bits per heavy atom. The van der Waals surface area contributed by atoms with Gasteiger partial charge in [0.2, 0.25) is 5.91 Å². The number of para-hydroxylation sites is 1. The van der Waals surface area contributed by atoms with Crippen molar-refractivity contribution in [3.63, 3.8) is 0 Å². The van der Waals surface area contributed by atoms with Gasteiger partial charge in [0, 0.05) is 23.0 Å². The van der Waals surface area contributed by atoms with E-state index in [0.29, 0.717) is 11.5 Å². The quantitative estimate of drug-likeness (QED) is 0.871. The van der Waals surface area contributed by atoms with Crippen molar-refractivity contribution in [1.82, 2.24) is 0 Å². The summed E-state index contributed by atoms with van der Waals surface area (Å²) < 4.78 is 5.17. The van der Waals surface area contributed by atoms with Crippen LogP contribution in [0.25, 0.3) is 0 Å². The summed E-state index contributed by atoms with van der Waals surface area (Å²) in [4.78, 5) is 17.0. The standard InChI is InChI=1S/C19H21N3O2S/c1-19(2)21-16-10-5-4-9-15(16)18(22-19)25-12-17(23)20-13-7-6-8-14(11-13)24-3/h4-11,21H,12H2,1-3H3,(H,20,23).